The SMILES string of the molecule is CN(OC(=O)c1ccc(/C(N)=N/N=C(\N)CP(O)O)cc1)C(=O)CCC=O. The maximum atomic E-state index is 12.0. The average Bonchev–Trinajstić information content (AvgIpc) is 2.63. The maximum absolute atomic E-state index is 12.0. The molecule has 1 rings (SSSR count). The fourth-order valence-corrected chi connectivity index (χ4v) is 2.05. The Bertz CT molecular complexity index is 735. The number of nitrogens with two attached hydrogens (primary N) is 2. The number of hydrogen-bond acceptors (Lipinski definition) is 8. The van der Waals surface area contributed by atoms with Gasteiger partial charge in [-0.05, 0) is 12.1 Å². The number of carbonyl (C=O) groups is 3. The van der Waals surface area contributed by atoms with Gasteiger partial charge in [-0.25, -0.2) is 4.79 Å². The van der Waals surface area contributed by atoms with E-state index in [9.17, 15) is 14.4 Å². The molecule has 0 aliphatic rings. The molecule has 1 aromatic rings. The van der Waals surface area contributed by atoms with Gasteiger partial charge in [0.2, 0.25) is 0 Å². The Morgan fingerprint density at radius 3 is 2.33 bits per heavy atom. The number of hydroxylamine groups is 2. The van der Waals surface area contributed by atoms with Crippen molar-refractivity contribution in [3.8, 4) is 0 Å². The molecular weight excluding hydrogens is 377 g/mol. The topological polar surface area (TPSA) is 181 Å². The van der Waals surface area contributed by atoms with Gasteiger partial charge in [-0.2, -0.15) is 5.06 Å². The van der Waals surface area contributed by atoms with Gasteiger partial charge in [0.15, 0.2) is 14.2 Å². The molecule has 0 saturated carbocycles. The number of nitrogens with zero attached hydrogens (tertiary/aromatic N) is 3. The van der Waals surface area contributed by atoms with E-state index in [4.69, 9.17) is 26.1 Å². The Labute approximate surface area is 156 Å². The normalized spacial score (nSPS) is 12.0. The van der Waals surface area contributed by atoms with Gasteiger partial charge in [0.05, 0.1) is 11.7 Å². The van der Waals surface area contributed by atoms with E-state index >= 15 is 0 Å². The summed E-state index contributed by atoms with van der Waals surface area (Å²) in [6, 6.07) is 5.80. The minimum atomic E-state index is -2.21. The molecule has 1 aromatic carbocycles. The van der Waals surface area contributed by atoms with E-state index in [-0.39, 0.29) is 36.2 Å². The highest BCUT2D eigenvalue weighted by molar-refractivity contribution is 7.46. The Hall–Kier alpha value is -2.88. The van der Waals surface area contributed by atoms with Crippen molar-refractivity contribution in [1.29, 1.82) is 0 Å². The summed E-state index contributed by atoms with van der Waals surface area (Å²) >= 11 is 0. The number of hydrogen-bond donors (Lipinski definition) is 4. The molecule has 0 fully saturated rings. The number of aldehydes is 1. The van der Waals surface area contributed by atoms with Crippen molar-refractivity contribution in [2.75, 3.05) is 13.2 Å². The highest BCUT2D eigenvalue weighted by Crippen LogP contribution is 2.21. The second kappa shape index (κ2) is 11.0. The Balaban J connectivity index is 2.73. The van der Waals surface area contributed by atoms with E-state index in [1.54, 1.807) is 0 Å². The first kappa shape index (κ1) is 22.2. The van der Waals surface area contributed by atoms with Crippen LogP contribution >= 0.6 is 8.38 Å². The van der Waals surface area contributed by atoms with Crippen LogP contribution in [-0.4, -0.2) is 57.9 Å². The lowest BCUT2D eigenvalue weighted by molar-refractivity contribution is -0.161. The maximum Gasteiger partial charge on any atom is 0.363 e. The summed E-state index contributed by atoms with van der Waals surface area (Å²) in [7, 11) is -0.940. The molecule has 0 aliphatic carbocycles. The standard InChI is InChI=1S/C15H20N5O6P/c1-20(13(22)3-2-8-21)26-15(23)11-6-4-10(5-7-11)14(17)19-18-12(16)9-27(24)25/h4-8,24-25H,2-3,9H2,1H3,(H2,16,18)(H2,17,19). The molecule has 11 nitrogen and oxygen atoms in total. The minimum Gasteiger partial charge on any atom is -0.385 e. The van der Waals surface area contributed by atoms with Crippen molar-refractivity contribution < 1.29 is 29.0 Å². The summed E-state index contributed by atoms with van der Waals surface area (Å²) in [4.78, 5) is 56.4. The molecule has 1 amide bonds. The molecule has 0 saturated heterocycles. The number of amides is 1. The van der Waals surface area contributed by atoms with E-state index in [2.05, 4.69) is 10.2 Å². The first-order valence-corrected chi connectivity index (χ1v) is 9.01. The smallest absolute Gasteiger partial charge is 0.363 e. The van der Waals surface area contributed by atoms with Crippen LogP contribution in [0.1, 0.15) is 28.8 Å². The zero-order valence-electron chi connectivity index (χ0n) is 14.5. The van der Waals surface area contributed by atoms with Crippen LogP contribution in [0.4, 0.5) is 0 Å². The first-order chi connectivity index (χ1) is 12.7. The summed E-state index contributed by atoms with van der Waals surface area (Å²) in [6.45, 7) is 0. The van der Waals surface area contributed by atoms with Gasteiger partial charge in [0, 0.05) is 25.5 Å². The highest BCUT2D eigenvalue weighted by atomic mass is 31.2. The predicted octanol–water partition coefficient (Wildman–Crippen LogP) is -0.530. The van der Waals surface area contributed by atoms with Crippen molar-refractivity contribution in [1.82, 2.24) is 5.06 Å². The van der Waals surface area contributed by atoms with Crippen LogP contribution in [-0.2, 0) is 14.4 Å². The van der Waals surface area contributed by atoms with Gasteiger partial charge in [-0.1, -0.05) is 12.1 Å². The van der Waals surface area contributed by atoms with E-state index in [1.165, 1.54) is 31.3 Å². The summed E-state index contributed by atoms with van der Waals surface area (Å²) in [5.41, 5.74) is 11.8. The van der Waals surface area contributed by atoms with Crippen LogP contribution < -0.4 is 11.5 Å². The van der Waals surface area contributed by atoms with Crippen molar-refractivity contribution >= 4 is 38.2 Å². The van der Waals surface area contributed by atoms with Gasteiger partial charge in [0.25, 0.3) is 5.91 Å². The molecule has 0 heterocycles. The Morgan fingerprint density at radius 1 is 1.19 bits per heavy atom. The highest BCUT2D eigenvalue weighted by Gasteiger charge is 2.15. The Morgan fingerprint density at radius 2 is 1.78 bits per heavy atom. The van der Waals surface area contributed by atoms with Crippen LogP contribution in [0, 0.1) is 0 Å². The molecule has 0 radical (unpaired) electrons. The summed E-state index contributed by atoms with van der Waals surface area (Å²) in [5, 5.41) is 8.01. The van der Waals surface area contributed by atoms with Gasteiger partial charge in [-0.15, -0.1) is 10.2 Å². The lowest BCUT2D eigenvalue weighted by Gasteiger charge is -2.15. The number of benzene rings is 1. The lowest BCUT2D eigenvalue weighted by Crippen LogP contribution is -2.29. The van der Waals surface area contributed by atoms with Crippen LogP contribution in [0.3, 0.4) is 0 Å². The molecule has 0 aliphatic heterocycles. The van der Waals surface area contributed by atoms with Crippen LogP contribution in [0.2, 0.25) is 0 Å². The van der Waals surface area contributed by atoms with E-state index in [0.717, 1.165) is 5.06 Å². The van der Waals surface area contributed by atoms with E-state index in [1.807, 2.05) is 0 Å². The third-order valence-corrected chi connectivity index (χ3v) is 3.66. The van der Waals surface area contributed by atoms with E-state index < -0.39 is 20.3 Å². The first-order valence-electron chi connectivity index (χ1n) is 7.58. The molecule has 6 N–H and O–H groups in total. The van der Waals surface area contributed by atoms with Crippen LogP contribution in [0.5, 0.6) is 0 Å². The summed E-state index contributed by atoms with van der Waals surface area (Å²) < 4.78 is 0. The molecule has 27 heavy (non-hydrogen) atoms. The molecule has 0 bridgehead atoms. The average molecular weight is 397 g/mol. The van der Waals surface area contributed by atoms with E-state index in [0.29, 0.717) is 11.8 Å². The van der Waals surface area contributed by atoms with Crippen molar-refractivity contribution in [3.05, 3.63) is 35.4 Å². The third kappa shape index (κ3) is 7.90. The van der Waals surface area contributed by atoms with Crippen LogP contribution in [0.15, 0.2) is 34.5 Å². The molecule has 146 valence electrons. The molecule has 0 unspecified atom stereocenters. The fourth-order valence-electron chi connectivity index (χ4n) is 1.70. The monoisotopic (exact) mass is 397 g/mol. The third-order valence-electron chi connectivity index (χ3n) is 3.05. The van der Waals surface area contributed by atoms with Gasteiger partial charge >= 0.3 is 5.97 Å². The van der Waals surface area contributed by atoms with Crippen LogP contribution in [0.25, 0.3) is 0 Å². The van der Waals surface area contributed by atoms with Crippen molar-refractivity contribution in [3.63, 3.8) is 0 Å². The fraction of sp³-hybridized carbons (Fsp3) is 0.267. The molecular formula is C15H20N5O6P. The molecule has 0 spiro atoms. The minimum absolute atomic E-state index is 0.000710. The lowest BCUT2D eigenvalue weighted by atomic mass is 10.1. The van der Waals surface area contributed by atoms with Crippen molar-refractivity contribution in [2.24, 2.45) is 21.7 Å². The number of carbonyl (C=O) groups excluding carboxylic acids is 3. The molecule has 0 atom stereocenters. The zero-order chi connectivity index (χ0) is 20.4. The predicted molar refractivity (Wildman–Crippen MR) is 98.5 cm³/mol. The zero-order valence-corrected chi connectivity index (χ0v) is 15.4. The van der Waals surface area contributed by atoms with Crippen molar-refractivity contribution in [2.45, 2.75) is 12.8 Å². The summed E-state index contributed by atoms with van der Waals surface area (Å²) in [6.07, 6.45) is 0.370. The second-order valence-corrected chi connectivity index (χ2v) is 6.22. The summed E-state index contributed by atoms with van der Waals surface area (Å²) in [5.74, 6) is -1.36. The van der Waals surface area contributed by atoms with Gasteiger partial charge < -0.3 is 30.9 Å². The Kier molecular flexibility index (Phi) is 9.00. The molecule has 0 aromatic heterocycles. The molecule has 12 heteroatoms. The van der Waals surface area contributed by atoms with Gasteiger partial charge in [-0.3, -0.25) is 4.79 Å². The second-order valence-electron chi connectivity index (χ2n) is 5.16. The largest absolute Gasteiger partial charge is 0.385 e. The number of rotatable bonds is 8. The number of amidine groups is 2. The van der Waals surface area contributed by atoms with Gasteiger partial charge in [0.1, 0.15) is 12.1 Å². The quantitative estimate of drug-likeness (QED) is 0.148.